The van der Waals surface area contributed by atoms with Gasteiger partial charge in [-0.1, -0.05) is 0 Å². The molecule has 3 N–H and O–H groups in total. The van der Waals surface area contributed by atoms with E-state index in [4.69, 9.17) is 14.2 Å². The van der Waals surface area contributed by atoms with Crippen LogP contribution in [0.15, 0.2) is 91.0 Å². The highest BCUT2D eigenvalue weighted by Gasteiger charge is 2.18. The molecular formula is C33H33N3O7. The van der Waals surface area contributed by atoms with E-state index in [2.05, 4.69) is 16.0 Å². The number of ether oxygens (including phenoxy) is 3. The van der Waals surface area contributed by atoms with E-state index in [-0.39, 0.29) is 22.5 Å². The van der Waals surface area contributed by atoms with Crippen molar-refractivity contribution >= 4 is 40.6 Å². The standard InChI is InChI=1S/C30H27N3O6.C3H6O/c1-37-25-10-4-22(5-11-25)31-28(34)19-16-20(29(35)32-23-6-12-26(38-2)13-7-23)18-21(17-19)30(36)33-24-8-14-27(39-3)15-9-24;1-3(2)4/h4-18H,1-3H3,(H,31,34)(H,32,35)(H,33,36);1-2H3. The molecule has 0 aliphatic heterocycles. The minimum atomic E-state index is -0.488. The van der Waals surface area contributed by atoms with Crippen LogP contribution in [0.4, 0.5) is 17.1 Å². The molecule has 0 unspecified atom stereocenters. The zero-order chi connectivity index (χ0) is 31.4. The summed E-state index contributed by atoms with van der Waals surface area (Å²) >= 11 is 0. The van der Waals surface area contributed by atoms with E-state index < -0.39 is 17.7 Å². The van der Waals surface area contributed by atoms with Gasteiger partial charge in [0.15, 0.2) is 0 Å². The molecule has 0 heterocycles. The summed E-state index contributed by atoms with van der Waals surface area (Å²) in [4.78, 5) is 48.9. The summed E-state index contributed by atoms with van der Waals surface area (Å²) in [5.41, 5.74) is 1.98. The lowest BCUT2D eigenvalue weighted by molar-refractivity contribution is -0.115. The normalized spacial score (nSPS) is 9.88. The van der Waals surface area contributed by atoms with Crippen LogP contribution in [-0.2, 0) is 4.79 Å². The molecule has 3 amide bonds. The Morgan fingerprint density at radius 3 is 0.837 bits per heavy atom. The maximum atomic E-state index is 13.1. The fourth-order valence-electron chi connectivity index (χ4n) is 3.65. The Labute approximate surface area is 250 Å². The van der Waals surface area contributed by atoms with Crippen LogP contribution in [0.3, 0.4) is 0 Å². The van der Waals surface area contributed by atoms with E-state index in [1.165, 1.54) is 32.0 Å². The average molecular weight is 584 g/mol. The third-order valence-corrected chi connectivity index (χ3v) is 5.76. The van der Waals surface area contributed by atoms with Crippen LogP contribution < -0.4 is 30.2 Å². The van der Waals surface area contributed by atoms with E-state index >= 15 is 0 Å². The molecule has 0 radical (unpaired) electrons. The van der Waals surface area contributed by atoms with E-state index in [0.717, 1.165) is 0 Å². The highest BCUT2D eigenvalue weighted by atomic mass is 16.5. The molecule has 0 saturated carbocycles. The van der Waals surface area contributed by atoms with E-state index in [0.29, 0.717) is 34.3 Å². The second-order valence-electron chi connectivity index (χ2n) is 9.26. The summed E-state index contributed by atoms with van der Waals surface area (Å²) in [6.45, 7) is 3.06. The fourth-order valence-corrected chi connectivity index (χ4v) is 3.65. The van der Waals surface area contributed by atoms with Crippen LogP contribution in [0.25, 0.3) is 0 Å². The predicted molar refractivity (Wildman–Crippen MR) is 166 cm³/mol. The molecule has 0 aromatic heterocycles. The van der Waals surface area contributed by atoms with Crippen molar-refractivity contribution in [2.75, 3.05) is 37.3 Å². The van der Waals surface area contributed by atoms with Crippen molar-refractivity contribution in [2.24, 2.45) is 0 Å². The van der Waals surface area contributed by atoms with Crippen LogP contribution in [0.5, 0.6) is 17.2 Å². The number of Topliss-reactive ketones (excluding diaryl/α,β-unsaturated/α-hetero) is 1. The van der Waals surface area contributed by atoms with Crippen molar-refractivity contribution in [3.05, 3.63) is 108 Å². The number of carbonyl (C=O) groups is 4. The third-order valence-electron chi connectivity index (χ3n) is 5.76. The van der Waals surface area contributed by atoms with Crippen molar-refractivity contribution in [3.8, 4) is 17.2 Å². The van der Waals surface area contributed by atoms with Gasteiger partial charge in [0.2, 0.25) is 0 Å². The van der Waals surface area contributed by atoms with Gasteiger partial charge in [-0.25, -0.2) is 0 Å². The molecule has 0 spiro atoms. The van der Waals surface area contributed by atoms with E-state index in [1.54, 1.807) is 94.1 Å². The quantitative estimate of drug-likeness (QED) is 0.218. The minimum Gasteiger partial charge on any atom is -0.497 e. The minimum absolute atomic E-state index is 0.132. The first-order chi connectivity index (χ1) is 20.6. The Morgan fingerprint density at radius 1 is 0.442 bits per heavy atom. The summed E-state index contributed by atoms with van der Waals surface area (Å²) in [6, 6.07) is 24.7. The van der Waals surface area contributed by atoms with E-state index in [1.807, 2.05) is 0 Å². The number of benzene rings is 4. The lowest BCUT2D eigenvalue weighted by Crippen LogP contribution is -2.19. The third kappa shape index (κ3) is 9.75. The molecular weight excluding hydrogens is 550 g/mol. The number of rotatable bonds is 9. The Balaban J connectivity index is 0.00000119. The van der Waals surface area contributed by atoms with Gasteiger partial charge < -0.3 is 35.0 Å². The van der Waals surface area contributed by atoms with Gasteiger partial charge in [-0.3, -0.25) is 14.4 Å². The zero-order valence-electron chi connectivity index (χ0n) is 24.5. The SMILES string of the molecule is CC(C)=O.COc1ccc(NC(=O)c2cc(C(=O)Nc3ccc(OC)cc3)cc(C(=O)Nc3ccc(OC)cc3)c2)cc1. The Kier molecular flexibility index (Phi) is 11.4. The second kappa shape index (κ2) is 15.4. The summed E-state index contributed by atoms with van der Waals surface area (Å²) in [6.07, 6.45) is 0. The molecule has 222 valence electrons. The monoisotopic (exact) mass is 583 g/mol. The van der Waals surface area contributed by atoms with Crippen LogP contribution in [-0.4, -0.2) is 44.8 Å². The first-order valence-electron chi connectivity index (χ1n) is 13.1. The van der Waals surface area contributed by atoms with Gasteiger partial charge in [0.1, 0.15) is 23.0 Å². The smallest absolute Gasteiger partial charge is 0.255 e. The molecule has 0 saturated heterocycles. The number of anilines is 3. The molecule has 4 aromatic carbocycles. The van der Waals surface area contributed by atoms with Crippen LogP contribution in [0.2, 0.25) is 0 Å². The van der Waals surface area contributed by atoms with Gasteiger partial charge in [0.25, 0.3) is 17.7 Å². The van der Waals surface area contributed by atoms with Gasteiger partial charge in [-0.15, -0.1) is 0 Å². The molecule has 10 nitrogen and oxygen atoms in total. The van der Waals surface area contributed by atoms with Crippen molar-refractivity contribution in [1.82, 2.24) is 0 Å². The highest BCUT2D eigenvalue weighted by molar-refractivity contribution is 6.13. The molecule has 0 bridgehead atoms. The predicted octanol–water partition coefficient (Wildman–Crippen LogP) is 6.06. The van der Waals surface area contributed by atoms with Crippen LogP contribution in [0, 0.1) is 0 Å². The van der Waals surface area contributed by atoms with Gasteiger partial charge in [0.05, 0.1) is 21.3 Å². The molecule has 0 aliphatic rings. The first-order valence-corrected chi connectivity index (χ1v) is 13.1. The number of ketones is 1. The average Bonchev–Trinajstić information content (AvgIpc) is 3.01. The van der Waals surface area contributed by atoms with Gasteiger partial charge >= 0.3 is 0 Å². The second-order valence-corrected chi connectivity index (χ2v) is 9.26. The Bertz CT molecular complexity index is 1370. The maximum Gasteiger partial charge on any atom is 0.255 e. The Morgan fingerprint density at radius 2 is 0.651 bits per heavy atom. The molecule has 10 heteroatoms. The van der Waals surface area contributed by atoms with Gasteiger partial charge in [0, 0.05) is 33.8 Å². The topological polar surface area (TPSA) is 132 Å². The summed E-state index contributed by atoms with van der Waals surface area (Å²) < 4.78 is 15.5. The van der Waals surface area contributed by atoms with Crippen LogP contribution in [0.1, 0.15) is 44.9 Å². The lowest BCUT2D eigenvalue weighted by atomic mass is 10.0. The maximum absolute atomic E-state index is 13.1. The summed E-state index contributed by atoms with van der Waals surface area (Å²) in [5, 5.41) is 8.34. The number of hydrogen-bond donors (Lipinski definition) is 3. The number of nitrogens with one attached hydrogen (secondary N) is 3. The number of hydrogen-bond acceptors (Lipinski definition) is 7. The van der Waals surface area contributed by atoms with Gasteiger partial charge in [-0.05, 0) is 105 Å². The van der Waals surface area contributed by atoms with Crippen molar-refractivity contribution in [1.29, 1.82) is 0 Å². The summed E-state index contributed by atoms with van der Waals surface area (Å²) in [5.74, 6) is 0.626. The van der Waals surface area contributed by atoms with Crippen LogP contribution >= 0.6 is 0 Å². The van der Waals surface area contributed by atoms with Crippen molar-refractivity contribution in [2.45, 2.75) is 13.8 Å². The van der Waals surface area contributed by atoms with Crippen molar-refractivity contribution < 1.29 is 33.4 Å². The first kappa shape index (κ1) is 31.9. The molecule has 4 rings (SSSR count). The van der Waals surface area contributed by atoms with E-state index in [9.17, 15) is 19.2 Å². The molecule has 0 atom stereocenters. The number of amides is 3. The lowest BCUT2D eigenvalue weighted by Gasteiger charge is -2.12. The molecule has 43 heavy (non-hydrogen) atoms. The Hall–Kier alpha value is -5.64. The highest BCUT2D eigenvalue weighted by Crippen LogP contribution is 2.21. The number of carbonyl (C=O) groups excluding carboxylic acids is 4. The van der Waals surface area contributed by atoms with Crippen molar-refractivity contribution in [3.63, 3.8) is 0 Å². The molecule has 4 aromatic rings. The fraction of sp³-hybridized carbons (Fsp3) is 0.152. The summed E-state index contributed by atoms with van der Waals surface area (Å²) in [7, 11) is 4.65. The largest absolute Gasteiger partial charge is 0.497 e. The molecule has 0 fully saturated rings. The number of methoxy groups -OCH3 is 3. The van der Waals surface area contributed by atoms with Gasteiger partial charge in [-0.2, -0.15) is 0 Å². The molecule has 0 aliphatic carbocycles. The zero-order valence-corrected chi connectivity index (χ0v) is 24.5.